The maximum atomic E-state index is 10.8. The van der Waals surface area contributed by atoms with Crippen LogP contribution >= 0.6 is 24.0 Å². The lowest BCUT2D eigenvalue weighted by molar-refractivity contribution is -0.384. The van der Waals surface area contributed by atoms with Crippen LogP contribution in [0.3, 0.4) is 0 Å². The van der Waals surface area contributed by atoms with Gasteiger partial charge in [-0.15, -0.1) is 34.2 Å². The molecule has 164 valence electrons. The second-order valence-electron chi connectivity index (χ2n) is 7.00. The van der Waals surface area contributed by atoms with Crippen molar-refractivity contribution in [1.82, 2.24) is 25.2 Å². The van der Waals surface area contributed by atoms with Crippen molar-refractivity contribution in [3.05, 3.63) is 70.2 Å². The van der Waals surface area contributed by atoms with Crippen molar-refractivity contribution in [2.24, 2.45) is 4.99 Å². The Hall–Kier alpha value is -2.80. The van der Waals surface area contributed by atoms with Gasteiger partial charge in [-0.3, -0.25) is 14.5 Å². The zero-order valence-corrected chi connectivity index (χ0v) is 19.1. The Kier molecular flexibility index (Phi) is 8.12. The van der Waals surface area contributed by atoms with Crippen LogP contribution in [0.5, 0.6) is 0 Å². The molecule has 10 nitrogen and oxygen atoms in total. The van der Waals surface area contributed by atoms with E-state index in [1.807, 2.05) is 28.8 Å². The third kappa shape index (κ3) is 6.10. The molecule has 1 fully saturated rings. The lowest BCUT2D eigenvalue weighted by atomic mass is 10.2. The van der Waals surface area contributed by atoms with Gasteiger partial charge >= 0.3 is 0 Å². The van der Waals surface area contributed by atoms with Gasteiger partial charge in [-0.05, 0) is 30.5 Å². The zero-order valence-electron chi connectivity index (χ0n) is 16.8. The predicted octanol–water partition coefficient (Wildman–Crippen LogP) is 2.67. The first-order chi connectivity index (χ1) is 14.7. The van der Waals surface area contributed by atoms with Crippen molar-refractivity contribution < 1.29 is 9.66 Å². The number of hydrogen-bond donors (Lipinski definition) is 2. The summed E-state index contributed by atoms with van der Waals surface area (Å²) in [5, 5.41) is 25.8. The van der Waals surface area contributed by atoms with Gasteiger partial charge < -0.3 is 15.4 Å². The molecule has 11 heteroatoms. The minimum absolute atomic E-state index is 0. The van der Waals surface area contributed by atoms with E-state index in [0.717, 1.165) is 36.5 Å². The van der Waals surface area contributed by atoms with Gasteiger partial charge in [-0.25, -0.2) is 4.99 Å². The summed E-state index contributed by atoms with van der Waals surface area (Å²) in [4.78, 5) is 15.0. The molecule has 1 unspecified atom stereocenters. The summed E-state index contributed by atoms with van der Waals surface area (Å²) >= 11 is 0. The van der Waals surface area contributed by atoms with Crippen molar-refractivity contribution in [3.63, 3.8) is 0 Å². The molecule has 3 aromatic rings. The monoisotopic (exact) mass is 537 g/mol. The minimum Gasteiger partial charge on any atom is -0.376 e. The summed E-state index contributed by atoms with van der Waals surface area (Å²) in [5.41, 5.74) is 1.73. The Morgan fingerprint density at radius 3 is 2.81 bits per heavy atom. The smallest absolute Gasteiger partial charge is 0.269 e. The summed E-state index contributed by atoms with van der Waals surface area (Å²) in [6.45, 7) is 2.29. The van der Waals surface area contributed by atoms with Crippen molar-refractivity contribution in [2.45, 2.75) is 32.0 Å². The molecule has 2 N–H and O–H groups in total. The molecular weight excluding hydrogens is 513 g/mol. The van der Waals surface area contributed by atoms with Gasteiger partial charge in [0, 0.05) is 31.5 Å². The number of nitro groups is 1. The summed E-state index contributed by atoms with van der Waals surface area (Å²) < 4.78 is 7.59. The molecule has 1 aliphatic rings. The molecule has 4 rings (SSSR count). The van der Waals surface area contributed by atoms with Gasteiger partial charge in [-0.2, -0.15) is 0 Å². The molecule has 0 amide bonds. The van der Waals surface area contributed by atoms with E-state index in [4.69, 9.17) is 4.74 Å². The SMILES string of the molecule is I.O=[N+]([O-])c1ccc(CN=C(NCc2nnc3ccccn23)NCC2CCCO2)cc1. The number of halogens is 1. The number of hydrogen-bond acceptors (Lipinski definition) is 6. The fourth-order valence-corrected chi connectivity index (χ4v) is 3.26. The van der Waals surface area contributed by atoms with Crippen molar-refractivity contribution in [3.8, 4) is 0 Å². The fraction of sp³-hybridized carbons (Fsp3) is 0.350. The van der Waals surface area contributed by atoms with E-state index >= 15 is 0 Å². The van der Waals surface area contributed by atoms with E-state index in [2.05, 4.69) is 25.8 Å². The van der Waals surface area contributed by atoms with Crippen LogP contribution in [0.1, 0.15) is 24.2 Å². The van der Waals surface area contributed by atoms with Gasteiger partial charge in [0.25, 0.3) is 5.69 Å². The number of nitrogens with zero attached hydrogens (tertiary/aromatic N) is 5. The summed E-state index contributed by atoms with van der Waals surface area (Å²) in [7, 11) is 0. The summed E-state index contributed by atoms with van der Waals surface area (Å²) in [5.74, 6) is 1.39. The van der Waals surface area contributed by atoms with Crippen LogP contribution in [-0.2, 0) is 17.8 Å². The van der Waals surface area contributed by atoms with E-state index in [0.29, 0.717) is 25.6 Å². The first kappa shape index (κ1) is 22.9. The topological polar surface area (TPSA) is 119 Å². The normalized spacial score (nSPS) is 16.1. The van der Waals surface area contributed by atoms with Crippen LogP contribution in [0.2, 0.25) is 0 Å². The molecule has 1 aromatic carbocycles. The van der Waals surface area contributed by atoms with Gasteiger partial charge in [-0.1, -0.05) is 18.2 Å². The Morgan fingerprint density at radius 2 is 2.06 bits per heavy atom. The Balaban J connectivity index is 0.00000272. The van der Waals surface area contributed by atoms with Gasteiger partial charge in [0.05, 0.1) is 24.1 Å². The number of rotatable bonds is 7. The highest BCUT2D eigenvalue weighted by molar-refractivity contribution is 14.0. The van der Waals surface area contributed by atoms with Gasteiger partial charge in [0.1, 0.15) is 0 Å². The van der Waals surface area contributed by atoms with Crippen LogP contribution < -0.4 is 10.6 Å². The van der Waals surface area contributed by atoms with E-state index in [9.17, 15) is 10.1 Å². The van der Waals surface area contributed by atoms with Crippen LogP contribution in [0.15, 0.2) is 53.7 Å². The van der Waals surface area contributed by atoms with Gasteiger partial charge in [0.2, 0.25) is 0 Å². The van der Waals surface area contributed by atoms with E-state index in [1.165, 1.54) is 12.1 Å². The number of ether oxygens (including phenoxy) is 1. The minimum atomic E-state index is -0.411. The Morgan fingerprint density at radius 1 is 1.23 bits per heavy atom. The lowest BCUT2D eigenvalue weighted by Gasteiger charge is -2.15. The van der Waals surface area contributed by atoms with E-state index in [-0.39, 0.29) is 35.8 Å². The molecule has 0 saturated carbocycles. The van der Waals surface area contributed by atoms with Crippen LogP contribution in [-0.4, -0.2) is 44.7 Å². The highest BCUT2D eigenvalue weighted by atomic mass is 127. The third-order valence-corrected chi connectivity index (χ3v) is 4.89. The van der Waals surface area contributed by atoms with Crippen molar-refractivity contribution in [1.29, 1.82) is 0 Å². The number of pyridine rings is 1. The predicted molar refractivity (Wildman–Crippen MR) is 126 cm³/mol. The van der Waals surface area contributed by atoms with Gasteiger partial charge in [0.15, 0.2) is 17.4 Å². The van der Waals surface area contributed by atoms with Crippen LogP contribution in [0.4, 0.5) is 5.69 Å². The fourth-order valence-electron chi connectivity index (χ4n) is 3.26. The third-order valence-electron chi connectivity index (χ3n) is 4.89. The molecule has 0 bridgehead atoms. The highest BCUT2D eigenvalue weighted by Gasteiger charge is 2.16. The number of non-ortho nitro benzene ring substituents is 1. The molecule has 1 atom stereocenters. The molecule has 0 radical (unpaired) electrons. The standard InChI is InChI=1S/C20H23N7O3.HI/c28-27(29)16-8-6-15(7-9-16)12-21-20(22-13-17-4-3-11-30-17)23-14-19-25-24-18-5-1-2-10-26(18)19;/h1-2,5-10,17H,3-4,11-14H2,(H2,21,22,23);1H. The average molecular weight is 537 g/mol. The molecule has 1 saturated heterocycles. The van der Waals surface area contributed by atoms with Crippen LogP contribution in [0, 0.1) is 10.1 Å². The number of nitrogens with one attached hydrogen (secondary N) is 2. The highest BCUT2D eigenvalue weighted by Crippen LogP contribution is 2.13. The Bertz CT molecular complexity index is 1030. The van der Waals surface area contributed by atoms with E-state index in [1.54, 1.807) is 12.1 Å². The molecule has 31 heavy (non-hydrogen) atoms. The second kappa shape index (κ2) is 11.0. The zero-order chi connectivity index (χ0) is 20.8. The van der Waals surface area contributed by atoms with Crippen LogP contribution in [0.25, 0.3) is 5.65 Å². The number of nitro benzene ring substituents is 1. The number of fused-ring (bicyclic) bond motifs is 1. The largest absolute Gasteiger partial charge is 0.376 e. The molecule has 3 heterocycles. The second-order valence-corrected chi connectivity index (χ2v) is 7.00. The maximum absolute atomic E-state index is 10.8. The number of aromatic nitrogens is 3. The van der Waals surface area contributed by atoms with E-state index < -0.39 is 4.92 Å². The number of benzene rings is 1. The average Bonchev–Trinajstić information content (AvgIpc) is 3.43. The molecule has 0 aliphatic carbocycles. The Labute approximate surface area is 196 Å². The lowest BCUT2D eigenvalue weighted by Crippen LogP contribution is -2.41. The van der Waals surface area contributed by atoms with Crippen molar-refractivity contribution in [2.75, 3.05) is 13.2 Å². The molecule has 2 aromatic heterocycles. The number of aliphatic imine (C=N–C) groups is 1. The summed E-state index contributed by atoms with van der Waals surface area (Å²) in [6, 6.07) is 12.1. The maximum Gasteiger partial charge on any atom is 0.269 e. The molecular formula is C20H24IN7O3. The van der Waals surface area contributed by atoms with Crippen molar-refractivity contribution >= 4 is 41.3 Å². The first-order valence-electron chi connectivity index (χ1n) is 9.85. The first-order valence-corrected chi connectivity index (χ1v) is 9.85. The molecule has 1 aliphatic heterocycles. The number of guanidine groups is 1. The molecule has 0 spiro atoms. The quantitative estimate of drug-likeness (QED) is 0.156. The summed E-state index contributed by atoms with van der Waals surface area (Å²) in [6.07, 6.45) is 4.18.